The molecule has 1 rings (SSSR count). The fourth-order valence-electron chi connectivity index (χ4n) is 1.89. The van der Waals surface area contributed by atoms with Crippen LogP contribution in [0.15, 0.2) is 24.3 Å². The van der Waals surface area contributed by atoms with Crippen molar-refractivity contribution >= 4 is 23.5 Å². The minimum atomic E-state index is -0.616. The zero-order chi connectivity index (χ0) is 15.1. The normalized spacial score (nSPS) is 12.1. The standard InChI is InChI=1S/C15H20ClNO3/c1-10(2)8-13(15(19)20-3)17-14(18)9-11-6-4-5-7-12(11)16/h4-7,10,13H,8-9H2,1-3H3,(H,17,18)/t13-/m0/s1. The van der Waals surface area contributed by atoms with Crippen molar-refractivity contribution in [3.63, 3.8) is 0 Å². The zero-order valence-corrected chi connectivity index (χ0v) is 12.7. The predicted octanol–water partition coefficient (Wildman–Crippen LogP) is 2.59. The summed E-state index contributed by atoms with van der Waals surface area (Å²) in [5.41, 5.74) is 0.736. The first-order valence-corrected chi connectivity index (χ1v) is 6.92. The quantitative estimate of drug-likeness (QED) is 0.821. The van der Waals surface area contributed by atoms with E-state index < -0.39 is 12.0 Å². The highest BCUT2D eigenvalue weighted by Crippen LogP contribution is 2.15. The van der Waals surface area contributed by atoms with Crippen molar-refractivity contribution < 1.29 is 14.3 Å². The number of hydrogen-bond donors (Lipinski definition) is 1. The van der Waals surface area contributed by atoms with Crippen LogP contribution in [0.2, 0.25) is 5.02 Å². The predicted molar refractivity (Wildman–Crippen MR) is 78.6 cm³/mol. The highest BCUT2D eigenvalue weighted by atomic mass is 35.5. The van der Waals surface area contributed by atoms with Gasteiger partial charge >= 0.3 is 5.97 Å². The number of amides is 1. The molecule has 0 saturated carbocycles. The molecule has 1 aromatic rings. The number of halogens is 1. The van der Waals surface area contributed by atoms with Crippen molar-refractivity contribution in [2.45, 2.75) is 32.7 Å². The van der Waals surface area contributed by atoms with Gasteiger partial charge in [-0.15, -0.1) is 0 Å². The van der Waals surface area contributed by atoms with Gasteiger partial charge in [0, 0.05) is 5.02 Å². The van der Waals surface area contributed by atoms with E-state index >= 15 is 0 Å². The Bertz CT molecular complexity index is 474. The molecular weight excluding hydrogens is 278 g/mol. The van der Waals surface area contributed by atoms with Gasteiger partial charge in [0.25, 0.3) is 0 Å². The maximum atomic E-state index is 12.0. The molecule has 110 valence electrons. The Kier molecular flexibility index (Phi) is 6.52. The number of ether oxygens (including phenoxy) is 1. The van der Waals surface area contributed by atoms with Crippen molar-refractivity contribution in [3.8, 4) is 0 Å². The molecule has 0 aliphatic heterocycles. The molecule has 0 radical (unpaired) electrons. The number of methoxy groups -OCH3 is 1. The minimum absolute atomic E-state index is 0.144. The number of carbonyl (C=O) groups excluding carboxylic acids is 2. The molecule has 4 nitrogen and oxygen atoms in total. The van der Waals surface area contributed by atoms with Crippen LogP contribution in [0.4, 0.5) is 0 Å². The van der Waals surface area contributed by atoms with E-state index in [1.54, 1.807) is 18.2 Å². The van der Waals surface area contributed by atoms with Crippen molar-refractivity contribution in [1.82, 2.24) is 5.32 Å². The minimum Gasteiger partial charge on any atom is -0.467 e. The van der Waals surface area contributed by atoms with Crippen LogP contribution in [0.5, 0.6) is 0 Å². The molecular formula is C15H20ClNO3. The summed E-state index contributed by atoms with van der Waals surface area (Å²) in [6, 6.07) is 6.53. The van der Waals surface area contributed by atoms with Crippen molar-refractivity contribution in [2.24, 2.45) is 5.92 Å². The zero-order valence-electron chi connectivity index (χ0n) is 12.0. The van der Waals surface area contributed by atoms with E-state index in [9.17, 15) is 9.59 Å². The van der Waals surface area contributed by atoms with Gasteiger partial charge in [-0.25, -0.2) is 4.79 Å². The van der Waals surface area contributed by atoms with Gasteiger partial charge in [-0.1, -0.05) is 43.6 Å². The number of benzene rings is 1. The lowest BCUT2D eigenvalue weighted by molar-refractivity contribution is -0.145. The van der Waals surface area contributed by atoms with Crippen molar-refractivity contribution in [3.05, 3.63) is 34.9 Å². The Hall–Kier alpha value is -1.55. The molecule has 0 heterocycles. The highest BCUT2D eigenvalue weighted by molar-refractivity contribution is 6.31. The van der Waals surface area contributed by atoms with Gasteiger partial charge in [0.15, 0.2) is 0 Å². The first kappa shape index (κ1) is 16.5. The molecule has 0 aliphatic rings. The molecule has 1 amide bonds. The summed E-state index contributed by atoms with van der Waals surface area (Å²) in [5, 5.41) is 3.25. The Balaban J connectivity index is 2.66. The monoisotopic (exact) mass is 297 g/mol. The molecule has 0 saturated heterocycles. The van der Waals surface area contributed by atoms with E-state index in [1.807, 2.05) is 19.9 Å². The molecule has 0 aromatic heterocycles. The molecule has 0 fully saturated rings. The SMILES string of the molecule is COC(=O)[C@H](CC(C)C)NC(=O)Cc1ccccc1Cl. The summed E-state index contributed by atoms with van der Waals surface area (Å²) in [4.78, 5) is 23.6. The summed E-state index contributed by atoms with van der Waals surface area (Å²) in [6.45, 7) is 3.96. The van der Waals surface area contributed by atoms with Crippen LogP contribution < -0.4 is 5.32 Å². The molecule has 0 unspecified atom stereocenters. The third kappa shape index (κ3) is 5.21. The summed E-state index contributed by atoms with van der Waals surface area (Å²) in [6.07, 6.45) is 0.687. The van der Waals surface area contributed by atoms with Crippen molar-refractivity contribution in [2.75, 3.05) is 7.11 Å². The van der Waals surface area contributed by atoms with Gasteiger partial charge in [0.1, 0.15) is 6.04 Å². The second-order valence-corrected chi connectivity index (χ2v) is 5.45. The van der Waals surface area contributed by atoms with Gasteiger partial charge < -0.3 is 10.1 Å². The van der Waals surface area contributed by atoms with Crippen LogP contribution in [0.1, 0.15) is 25.8 Å². The average Bonchev–Trinajstić information content (AvgIpc) is 2.39. The van der Waals surface area contributed by atoms with Gasteiger partial charge in [0.05, 0.1) is 13.5 Å². The number of nitrogens with one attached hydrogen (secondary N) is 1. The first-order chi connectivity index (χ1) is 9.43. The summed E-state index contributed by atoms with van der Waals surface area (Å²) in [7, 11) is 1.32. The maximum absolute atomic E-state index is 12.0. The van der Waals surface area contributed by atoms with Gasteiger partial charge in [0.2, 0.25) is 5.91 Å². The number of rotatable bonds is 6. The topological polar surface area (TPSA) is 55.4 Å². The summed E-state index contributed by atoms with van der Waals surface area (Å²) in [5.74, 6) is -0.389. The van der Waals surface area contributed by atoms with E-state index in [-0.39, 0.29) is 18.2 Å². The van der Waals surface area contributed by atoms with Crippen LogP contribution in [-0.4, -0.2) is 25.0 Å². The molecule has 1 atom stereocenters. The van der Waals surface area contributed by atoms with Crippen LogP contribution in [0.3, 0.4) is 0 Å². The lowest BCUT2D eigenvalue weighted by atomic mass is 10.0. The number of esters is 1. The first-order valence-electron chi connectivity index (χ1n) is 6.54. The third-order valence-electron chi connectivity index (χ3n) is 2.84. The van der Waals surface area contributed by atoms with Crippen molar-refractivity contribution in [1.29, 1.82) is 0 Å². The second-order valence-electron chi connectivity index (χ2n) is 5.04. The smallest absolute Gasteiger partial charge is 0.328 e. The maximum Gasteiger partial charge on any atom is 0.328 e. The fraction of sp³-hybridized carbons (Fsp3) is 0.467. The molecule has 0 spiro atoms. The highest BCUT2D eigenvalue weighted by Gasteiger charge is 2.22. The summed E-state index contributed by atoms with van der Waals surface area (Å²) >= 11 is 6.01. The van der Waals surface area contributed by atoms with E-state index in [0.717, 1.165) is 5.56 Å². The Morgan fingerprint density at radius 3 is 2.50 bits per heavy atom. The van der Waals surface area contributed by atoms with E-state index in [4.69, 9.17) is 16.3 Å². The fourth-order valence-corrected chi connectivity index (χ4v) is 2.09. The largest absolute Gasteiger partial charge is 0.467 e. The number of carbonyl (C=O) groups is 2. The van der Waals surface area contributed by atoms with Gasteiger partial charge in [-0.05, 0) is 24.0 Å². The Morgan fingerprint density at radius 1 is 1.30 bits per heavy atom. The summed E-state index contributed by atoms with van der Waals surface area (Å²) < 4.78 is 4.71. The molecule has 1 N–H and O–H groups in total. The van der Waals surface area contributed by atoms with Crippen LogP contribution in [0, 0.1) is 5.92 Å². The van der Waals surface area contributed by atoms with Crippen LogP contribution in [0.25, 0.3) is 0 Å². The lowest BCUT2D eigenvalue weighted by Crippen LogP contribution is -2.43. The van der Waals surface area contributed by atoms with Crippen LogP contribution in [-0.2, 0) is 20.7 Å². The molecule has 1 aromatic carbocycles. The molecule has 5 heteroatoms. The van der Waals surface area contributed by atoms with E-state index in [1.165, 1.54) is 7.11 Å². The molecule has 20 heavy (non-hydrogen) atoms. The molecule has 0 bridgehead atoms. The van der Waals surface area contributed by atoms with E-state index in [2.05, 4.69) is 5.32 Å². The van der Waals surface area contributed by atoms with Gasteiger partial charge in [-0.2, -0.15) is 0 Å². The molecule has 0 aliphatic carbocycles. The second kappa shape index (κ2) is 7.90. The third-order valence-corrected chi connectivity index (χ3v) is 3.21. The van der Waals surface area contributed by atoms with Gasteiger partial charge in [-0.3, -0.25) is 4.79 Å². The lowest BCUT2D eigenvalue weighted by Gasteiger charge is -2.18. The Morgan fingerprint density at radius 2 is 1.95 bits per heavy atom. The van der Waals surface area contributed by atoms with Crippen LogP contribution >= 0.6 is 11.6 Å². The Labute approximate surface area is 124 Å². The number of hydrogen-bond acceptors (Lipinski definition) is 3. The van der Waals surface area contributed by atoms with E-state index in [0.29, 0.717) is 11.4 Å². The average molecular weight is 298 g/mol.